The van der Waals surface area contributed by atoms with E-state index < -0.39 is 48.3 Å². The maximum Gasteiger partial charge on any atom is 0.166 e. The van der Waals surface area contributed by atoms with Gasteiger partial charge in [-0.1, -0.05) is 164 Å². The predicted octanol–water partition coefficient (Wildman–Crippen LogP) is 11.3. The van der Waals surface area contributed by atoms with Gasteiger partial charge in [0.15, 0.2) is 17.5 Å². The third-order valence-electron chi connectivity index (χ3n) is 8.54. The molecule has 0 bridgehead atoms. The lowest BCUT2D eigenvalue weighted by Gasteiger charge is -2.19. The maximum atomic E-state index is 9.29. The molecule has 0 radical (unpaired) electrons. The van der Waals surface area contributed by atoms with Crippen LogP contribution < -0.4 is 0 Å². The monoisotopic (exact) mass is 634 g/mol. The second-order valence-electron chi connectivity index (χ2n) is 11.5. The van der Waals surface area contributed by atoms with E-state index in [1.165, 1.54) is 0 Å². The summed E-state index contributed by atoms with van der Waals surface area (Å²) in [5.74, 6) is 1.04. The summed E-state index contributed by atoms with van der Waals surface area (Å²) in [7, 11) is 0. The number of fused-ring (bicyclic) bond motifs is 3. The van der Waals surface area contributed by atoms with Crippen molar-refractivity contribution >= 4 is 21.8 Å². The van der Waals surface area contributed by atoms with Crippen molar-refractivity contribution in [3.63, 3.8) is 0 Å². The average molecular weight is 635 g/mol. The fourth-order valence-electron chi connectivity index (χ4n) is 6.24. The Morgan fingerprint density at radius 2 is 0.796 bits per heavy atom. The first-order valence-corrected chi connectivity index (χ1v) is 15.8. The van der Waals surface area contributed by atoms with Gasteiger partial charge in [0.05, 0.1) is 27.7 Å². The second-order valence-corrected chi connectivity index (χ2v) is 11.5. The third kappa shape index (κ3) is 5.16. The smallest absolute Gasteiger partial charge is 0.166 e. The minimum atomic E-state index is -0.513. The fourth-order valence-corrected chi connectivity index (χ4v) is 6.24. The van der Waals surface area contributed by atoms with Gasteiger partial charge >= 0.3 is 0 Å². The van der Waals surface area contributed by atoms with Gasteiger partial charge in [-0.05, 0) is 34.8 Å². The highest BCUT2D eigenvalue weighted by Crippen LogP contribution is 2.41. The molecule has 49 heavy (non-hydrogen) atoms. The van der Waals surface area contributed by atoms with Crippen LogP contribution in [-0.2, 0) is 0 Å². The predicted molar refractivity (Wildman–Crippen MR) is 201 cm³/mol. The van der Waals surface area contributed by atoms with Crippen LogP contribution in [0.25, 0.3) is 83.9 Å². The van der Waals surface area contributed by atoms with E-state index in [0.717, 1.165) is 27.8 Å². The molecule has 0 unspecified atom stereocenters. The normalized spacial score (nSPS) is 13.6. The van der Waals surface area contributed by atoms with E-state index in [4.69, 9.17) is 23.2 Å². The molecule has 0 aliphatic heterocycles. The van der Waals surface area contributed by atoms with E-state index in [2.05, 4.69) is 0 Å². The van der Waals surface area contributed by atoms with Crippen LogP contribution in [0.5, 0.6) is 0 Å². The zero-order valence-corrected chi connectivity index (χ0v) is 26.0. The molecule has 0 spiro atoms. The van der Waals surface area contributed by atoms with Crippen LogP contribution in [-0.4, -0.2) is 19.5 Å². The molecule has 9 rings (SSSR count). The van der Waals surface area contributed by atoms with Gasteiger partial charge < -0.3 is 4.57 Å². The van der Waals surface area contributed by atoms with Gasteiger partial charge in [0.25, 0.3) is 0 Å². The topological polar surface area (TPSA) is 43.6 Å². The molecule has 0 saturated heterocycles. The number of hydrogen-bond donors (Lipinski definition) is 0. The van der Waals surface area contributed by atoms with Crippen molar-refractivity contribution in [1.29, 1.82) is 0 Å². The minimum Gasteiger partial charge on any atom is -0.308 e. The Morgan fingerprint density at radius 3 is 1.35 bits per heavy atom. The molecular weight excluding hydrogens is 597 g/mol. The van der Waals surface area contributed by atoms with E-state index in [1.807, 2.05) is 133 Å². The molecule has 0 atom stereocenters. The van der Waals surface area contributed by atoms with Crippen molar-refractivity contribution in [3.05, 3.63) is 182 Å². The van der Waals surface area contributed by atoms with E-state index in [-0.39, 0.29) is 27.6 Å². The largest absolute Gasteiger partial charge is 0.308 e. The average Bonchev–Trinajstić information content (AvgIpc) is 3.63. The Kier molecular flexibility index (Phi) is 5.29. The Labute approximate surface area is 295 Å². The third-order valence-corrected chi connectivity index (χ3v) is 8.54. The van der Waals surface area contributed by atoms with Crippen LogP contribution in [0.15, 0.2) is 182 Å². The van der Waals surface area contributed by atoms with Gasteiger partial charge in [-0.3, -0.25) is 0 Å². The van der Waals surface area contributed by atoms with E-state index in [9.17, 15) is 2.74 Å². The first-order valence-electron chi connectivity index (χ1n) is 19.8. The van der Waals surface area contributed by atoms with Crippen LogP contribution >= 0.6 is 0 Å². The Bertz CT molecular complexity index is 2890. The molecule has 230 valence electrons. The molecule has 0 aliphatic rings. The van der Waals surface area contributed by atoms with Gasteiger partial charge in [-0.25, -0.2) is 15.0 Å². The van der Waals surface area contributed by atoms with Crippen LogP contribution in [0.1, 0.15) is 11.0 Å². The fraction of sp³-hybridized carbons (Fsp3) is 0. The van der Waals surface area contributed by atoms with Gasteiger partial charge in [-0.2, -0.15) is 0 Å². The van der Waals surface area contributed by atoms with Crippen molar-refractivity contribution in [2.45, 2.75) is 0 Å². The van der Waals surface area contributed by atoms with Crippen molar-refractivity contribution in [2.75, 3.05) is 0 Å². The minimum absolute atomic E-state index is 0.00164. The summed E-state index contributed by atoms with van der Waals surface area (Å²) < 4.78 is 73.0. The van der Waals surface area contributed by atoms with Gasteiger partial charge in [0, 0.05) is 33.0 Å². The maximum absolute atomic E-state index is 9.29. The molecule has 0 amide bonds. The Morgan fingerprint density at radius 1 is 0.367 bits per heavy atom. The molecule has 7 aromatic carbocycles. The summed E-state index contributed by atoms with van der Waals surface area (Å²) in [6, 6.07) is 38.7. The first kappa shape index (κ1) is 21.3. The number of aromatic nitrogens is 4. The van der Waals surface area contributed by atoms with Gasteiger partial charge in [0.2, 0.25) is 0 Å². The highest BCUT2D eigenvalue weighted by atomic mass is 15.1. The zero-order valence-electron chi connectivity index (χ0n) is 34.0. The number of benzene rings is 7. The van der Waals surface area contributed by atoms with Crippen LogP contribution in [0.4, 0.5) is 0 Å². The number of rotatable bonds is 6. The lowest BCUT2D eigenvalue weighted by atomic mass is 9.96. The Hall–Kier alpha value is -6.65. The van der Waals surface area contributed by atoms with Crippen LogP contribution in [0, 0.1) is 0 Å². The summed E-state index contributed by atoms with van der Waals surface area (Å²) >= 11 is 0. The van der Waals surface area contributed by atoms with Crippen LogP contribution in [0.2, 0.25) is 0 Å². The van der Waals surface area contributed by atoms with E-state index in [0.29, 0.717) is 28.5 Å². The van der Waals surface area contributed by atoms with E-state index >= 15 is 0 Å². The molecule has 2 heterocycles. The molecule has 4 heteroatoms. The molecule has 0 saturated carbocycles. The highest BCUT2D eigenvalue weighted by molar-refractivity contribution is 6.10. The lowest BCUT2D eigenvalue weighted by Crippen LogP contribution is -2.05. The lowest BCUT2D eigenvalue weighted by molar-refractivity contribution is 1.06. The molecule has 0 fully saturated rings. The molecule has 4 nitrogen and oxygen atoms in total. The number of nitrogens with zero attached hydrogens (tertiary/aromatic N) is 4. The molecule has 0 N–H and O–H groups in total. The summed E-state index contributed by atoms with van der Waals surface area (Å²) in [4.78, 5) is 14.9. The van der Waals surface area contributed by atoms with Crippen LogP contribution in [0.3, 0.4) is 0 Å². The number of hydrogen-bond acceptors (Lipinski definition) is 3. The summed E-state index contributed by atoms with van der Waals surface area (Å²) in [6.07, 6.45) is 0. The first-order chi connectivity index (χ1) is 27.6. The van der Waals surface area contributed by atoms with Crippen molar-refractivity contribution < 1.29 is 11.0 Å². The quantitative estimate of drug-likeness (QED) is 0.183. The summed E-state index contributed by atoms with van der Waals surface area (Å²) in [5, 5.41) is -0.0393. The molecular formula is C45H30N4. The standard InChI is InChI=1S/C45H30N4/c1-4-15-31(16-5-1)32-27-29-33(30-28-32)36-23-14-24-39(42(36)49-40-25-12-10-21-37(40)38-22-11-13-26-41(38)49)45-47-43(34-17-6-2-7-18-34)46-44(48-45)35-19-8-3-9-20-35/h1-30H/i10D,11D,12D,13D,21D,22D,25D,26D. The molecule has 9 aromatic rings. The SMILES string of the molecule is [2H]c1c([2H])c([2H])c2c(c1[2H])c1c([2H])c([2H])c([2H])c([2H])c1n2-c1c(-c2ccc(-c3ccccc3)cc2)cccc1-c1nc(-c2ccccc2)nc(-c2ccccc2)n1. The molecule has 0 aliphatic carbocycles. The van der Waals surface area contributed by atoms with Crippen molar-refractivity contribution in [3.8, 4) is 62.1 Å². The van der Waals surface area contributed by atoms with Crippen molar-refractivity contribution in [2.24, 2.45) is 0 Å². The number of para-hydroxylation sites is 3. The highest BCUT2D eigenvalue weighted by Gasteiger charge is 2.22. The second kappa shape index (κ2) is 12.2. The Balaban J connectivity index is 1.45. The summed E-state index contributed by atoms with van der Waals surface area (Å²) in [5.41, 5.74) is 5.64. The van der Waals surface area contributed by atoms with Gasteiger partial charge in [0.1, 0.15) is 0 Å². The molecule has 2 aromatic heterocycles. The van der Waals surface area contributed by atoms with E-state index in [1.54, 1.807) is 4.57 Å². The van der Waals surface area contributed by atoms with Crippen molar-refractivity contribution in [1.82, 2.24) is 19.5 Å². The summed E-state index contributed by atoms with van der Waals surface area (Å²) in [6.45, 7) is 0. The zero-order chi connectivity index (χ0) is 39.5. The van der Waals surface area contributed by atoms with Gasteiger partial charge in [-0.15, -0.1) is 0 Å².